The molecule has 0 spiro atoms. The molecule has 0 amide bonds. The molecule has 1 unspecified atom stereocenters. The van der Waals surface area contributed by atoms with Crippen molar-refractivity contribution in [1.29, 1.82) is 0 Å². The van der Waals surface area contributed by atoms with Gasteiger partial charge in [0.05, 0.1) is 4.92 Å². The molecule has 7 nitrogen and oxygen atoms in total. The number of anilines is 1. The minimum Gasteiger partial charge on any atom is -0.480 e. The molecule has 0 radical (unpaired) electrons. The van der Waals surface area contributed by atoms with Gasteiger partial charge in [0.2, 0.25) is 0 Å². The number of nitro groups is 1. The van der Waals surface area contributed by atoms with Crippen LogP contribution in [0.1, 0.15) is 12.0 Å². The molecule has 0 aliphatic heterocycles. The van der Waals surface area contributed by atoms with Crippen molar-refractivity contribution in [2.45, 2.75) is 19.4 Å². The lowest BCUT2D eigenvalue weighted by atomic mass is 10.1. The molecule has 0 fully saturated rings. The summed E-state index contributed by atoms with van der Waals surface area (Å²) in [4.78, 5) is 21.3. The Morgan fingerprint density at radius 1 is 1.53 bits per heavy atom. The number of hydrogen-bond donors (Lipinski definition) is 2. The van der Waals surface area contributed by atoms with Crippen molar-refractivity contribution < 1.29 is 19.6 Å². The zero-order valence-electron chi connectivity index (χ0n) is 10.8. The number of benzene rings is 1. The van der Waals surface area contributed by atoms with E-state index in [2.05, 4.69) is 5.32 Å². The monoisotopic (exact) mass is 268 g/mol. The molecule has 0 aromatic heterocycles. The summed E-state index contributed by atoms with van der Waals surface area (Å²) in [6.07, 6.45) is 0.271. The lowest BCUT2D eigenvalue weighted by Gasteiger charge is -2.15. The summed E-state index contributed by atoms with van der Waals surface area (Å²) < 4.78 is 4.83. The molecule has 0 aliphatic rings. The molecule has 0 heterocycles. The average molecular weight is 268 g/mol. The number of nitrogens with zero attached hydrogens (tertiary/aromatic N) is 1. The van der Waals surface area contributed by atoms with E-state index >= 15 is 0 Å². The third-order valence-corrected chi connectivity index (χ3v) is 2.52. The van der Waals surface area contributed by atoms with Crippen LogP contribution < -0.4 is 5.32 Å². The van der Waals surface area contributed by atoms with Gasteiger partial charge in [-0.05, 0) is 18.6 Å². The van der Waals surface area contributed by atoms with Crippen molar-refractivity contribution >= 4 is 17.3 Å². The van der Waals surface area contributed by atoms with Crippen LogP contribution in [0.2, 0.25) is 0 Å². The van der Waals surface area contributed by atoms with E-state index in [-0.39, 0.29) is 18.7 Å². The highest BCUT2D eigenvalue weighted by atomic mass is 16.6. The average Bonchev–Trinajstić information content (AvgIpc) is 2.33. The second-order valence-electron chi connectivity index (χ2n) is 4.13. The molecule has 2 N–H and O–H groups in total. The zero-order valence-corrected chi connectivity index (χ0v) is 10.8. The van der Waals surface area contributed by atoms with Crippen molar-refractivity contribution in [2.24, 2.45) is 0 Å². The first-order valence-corrected chi connectivity index (χ1v) is 5.68. The number of carboxylic acids is 1. The number of non-ortho nitro benzene ring substituents is 1. The standard InChI is InChI=1S/C12H16N2O5/c1-8-5-9(7-10(6-8)14(17)18)13-11(12(15)16)3-4-19-2/h5-7,11,13H,3-4H2,1-2H3,(H,15,16). The third-order valence-electron chi connectivity index (χ3n) is 2.52. The van der Waals surface area contributed by atoms with Crippen LogP contribution in [0.15, 0.2) is 18.2 Å². The molecule has 1 aromatic rings. The highest BCUT2D eigenvalue weighted by molar-refractivity contribution is 5.77. The van der Waals surface area contributed by atoms with E-state index in [0.717, 1.165) is 0 Å². The summed E-state index contributed by atoms with van der Waals surface area (Å²) in [5, 5.41) is 22.6. The Labute approximate surface area is 110 Å². The smallest absolute Gasteiger partial charge is 0.326 e. The number of carbonyl (C=O) groups is 1. The van der Waals surface area contributed by atoms with Crippen LogP contribution in [-0.4, -0.2) is 35.8 Å². The summed E-state index contributed by atoms with van der Waals surface area (Å²) in [6.45, 7) is 2.00. The van der Waals surface area contributed by atoms with E-state index < -0.39 is 16.9 Å². The molecular formula is C12H16N2O5. The van der Waals surface area contributed by atoms with Crippen LogP contribution in [0.4, 0.5) is 11.4 Å². The fourth-order valence-corrected chi connectivity index (χ4v) is 1.65. The Morgan fingerprint density at radius 3 is 2.74 bits per heavy atom. The maximum absolute atomic E-state index is 11.1. The summed E-state index contributed by atoms with van der Waals surface area (Å²) in [5.74, 6) is -1.03. The van der Waals surface area contributed by atoms with E-state index in [4.69, 9.17) is 9.84 Å². The van der Waals surface area contributed by atoms with E-state index in [1.165, 1.54) is 19.2 Å². The SMILES string of the molecule is COCCC(Nc1cc(C)cc([N+](=O)[O-])c1)C(=O)O. The lowest BCUT2D eigenvalue weighted by molar-refractivity contribution is -0.384. The second kappa shape index (κ2) is 6.69. The van der Waals surface area contributed by atoms with Crippen LogP contribution in [0.25, 0.3) is 0 Å². The molecule has 0 aliphatic carbocycles. The number of hydrogen-bond acceptors (Lipinski definition) is 5. The summed E-state index contributed by atoms with van der Waals surface area (Å²) in [5.41, 5.74) is 1.03. The van der Waals surface area contributed by atoms with Crippen LogP contribution in [0.3, 0.4) is 0 Å². The number of rotatable bonds is 7. The molecular weight excluding hydrogens is 252 g/mol. The van der Waals surface area contributed by atoms with Crippen LogP contribution >= 0.6 is 0 Å². The number of methoxy groups -OCH3 is 1. The fraction of sp³-hybridized carbons (Fsp3) is 0.417. The molecule has 1 aromatic carbocycles. The quantitative estimate of drug-likeness (QED) is 0.577. The van der Waals surface area contributed by atoms with Gasteiger partial charge in [-0.2, -0.15) is 0 Å². The van der Waals surface area contributed by atoms with Crippen molar-refractivity contribution in [3.63, 3.8) is 0 Å². The molecule has 104 valence electrons. The number of ether oxygens (including phenoxy) is 1. The van der Waals surface area contributed by atoms with Gasteiger partial charge in [0.25, 0.3) is 5.69 Å². The third kappa shape index (κ3) is 4.55. The molecule has 1 rings (SSSR count). The number of carboxylic acid groups (broad SMARTS) is 1. The Morgan fingerprint density at radius 2 is 2.21 bits per heavy atom. The molecule has 19 heavy (non-hydrogen) atoms. The Hall–Kier alpha value is -2.15. The number of aliphatic carboxylic acids is 1. The zero-order chi connectivity index (χ0) is 14.4. The number of aryl methyl sites for hydroxylation is 1. The molecule has 0 saturated carbocycles. The highest BCUT2D eigenvalue weighted by Crippen LogP contribution is 2.21. The van der Waals surface area contributed by atoms with Gasteiger partial charge in [-0.25, -0.2) is 4.79 Å². The maximum Gasteiger partial charge on any atom is 0.326 e. The molecule has 0 bridgehead atoms. The Balaban J connectivity index is 2.89. The Kier molecular flexibility index (Phi) is 5.25. The summed E-state index contributed by atoms with van der Waals surface area (Å²) >= 11 is 0. The van der Waals surface area contributed by atoms with Gasteiger partial charge in [0, 0.05) is 38.0 Å². The van der Waals surface area contributed by atoms with Crippen LogP contribution in [-0.2, 0) is 9.53 Å². The van der Waals surface area contributed by atoms with Crippen LogP contribution in [0, 0.1) is 17.0 Å². The molecule has 1 atom stereocenters. The van der Waals surface area contributed by atoms with Crippen molar-refractivity contribution in [3.05, 3.63) is 33.9 Å². The second-order valence-corrected chi connectivity index (χ2v) is 4.13. The van der Waals surface area contributed by atoms with Gasteiger partial charge in [-0.3, -0.25) is 10.1 Å². The van der Waals surface area contributed by atoms with Gasteiger partial charge in [-0.15, -0.1) is 0 Å². The first-order valence-electron chi connectivity index (χ1n) is 5.68. The normalized spacial score (nSPS) is 11.9. The van der Waals surface area contributed by atoms with Gasteiger partial charge in [-0.1, -0.05) is 0 Å². The maximum atomic E-state index is 11.1. The van der Waals surface area contributed by atoms with Gasteiger partial charge in [0.1, 0.15) is 6.04 Å². The van der Waals surface area contributed by atoms with Crippen molar-refractivity contribution in [2.75, 3.05) is 19.0 Å². The van der Waals surface area contributed by atoms with E-state index in [1.54, 1.807) is 13.0 Å². The largest absolute Gasteiger partial charge is 0.480 e. The van der Waals surface area contributed by atoms with Crippen molar-refractivity contribution in [1.82, 2.24) is 0 Å². The topological polar surface area (TPSA) is 102 Å². The van der Waals surface area contributed by atoms with Gasteiger partial charge < -0.3 is 15.2 Å². The van der Waals surface area contributed by atoms with Crippen molar-refractivity contribution in [3.8, 4) is 0 Å². The molecule has 7 heteroatoms. The number of nitro benzene ring substituents is 1. The first-order chi connectivity index (χ1) is 8.93. The minimum atomic E-state index is -1.03. The fourth-order valence-electron chi connectivity index (χ4n) is 1.65. The van der Waals surface area contributed by atoms with E-state index in [1.807, 2.05) is 0 Å². The molecule has 0 saturated heterocycles. The van der Waals surface area contributed by atoms with E-state index in [0.29, 0.717) is 11.3 Å². The van der Waals surface area contributed by atoms with E-state index in [9.17, 15) is 14.9 Å². The van der Waals surface area contributed by atoms with Gasteiger partial charge >= 0.3 is 5.97 Å². The lowest BCUT2D eigenvalue weighted by Crippen LogP contribution is -2.30. The predicted molar refractivity (Wildman–Crippen MR) is 69.4 cm³/mol. The first kappa shape index (κ1) is 14.9. The Bertz CT molecular complexity index is 475. The number of nitrogens with one attached hydrogen (secondary N) is 1. The van der Waals surface area contributed by atoms with Crippen LogP contribution in [0.5, 0.6) is 0 Å². The van der Waals surface area contributed by atoms with Gasteiger partial charge in [0.15, 0.2) is 0 Å². The summed E-state index contributed by atoms with van der Waals surface area (Å²) in [7, 11) is 1.48. The minimum absolute atomic E-state index is 0.0709. The predicted octanol–water partition coefficient (Wildman–Crippen LogP) is 1.80. The highest BCUT2D eigenvalue weighted by Gasteiger charge is 2.18. The summed E-state index contributed by atoms with van der Waals surface area (Å²) in [6, 6.07) is 3.56.